The highest BCUT2D eigenvalue weighted by Gasteiger charge is 2.14. The summed E-state index contributed by atoms with van der Waals surface area (Å²) in [5.74, 6) is 0.364. The normalized spacial score (nSPS) is 12.6. The number of hydrogen-bond acceptors (Lipinski definition) is 2. The Morgan fingerprint density at radius 1 is 0.794 bits per heavy atom. The highest BCUT2D eigenvalue weighted by molar-refractivity contribution is 5.74. The summed E-state index contributed by atoms with van der Waals surface area (Å²) in [5.41, 5.74) is 5.08. The van der Waals surface area contributed by atoms with Crippen LogP contribution in [0, 0.1) is 0 Å². The molecule has 192 valence electrons. The summed E-state index contributed by atoms with van der Waals surface area (Å²) in [6.45, 7) is 7.44. The van der Waals surface area contributed by atoms with Crippen LogP contribution in [0.25, 0.3) is 5.57 Å². The minimum atomic E-state index is 0.364. The van der Waals surface area contributed by atoms with Crippen molar-refractivity contribution in [2.75, 3.05) is 6.54 Å². The highest BCUT2D eigenvalue weighted by Crippen LogP contribution is 2.32. The molecule has 0 bridgehead atoms. The topological polar surface area (TPSA) is 32.3 Å². The van der Waals surface area contributed by atoms with Gasteiger partial charge in [-0.3, -0.25) is 0 Å². The standard InChI is InChI=1S/C32H53NO/c1-3-4-5-6-7-8-9-10-11-12-13-14-15-16-17-18-19-20-28(2)33-26-25-30-22-21-29-23-24-31(34)27-32(29)30/h22-24,27,33-34H,2-21,25-26H2,1H3. The first kappa shape index (κ1) is 28.5. The summed E-state index contributed by atoms with van der Waals surface area (Å²) in [6.07, 6.45) is 29.5. The average Bonchev–Trinajstić information content (AvgIpc) is 3.23. The van der Waals surface area contributed by atoms with Gasteiger partial charge in [-0.25, -0.2) is 0 Å². The quantitative estimate of drug-likeness (QED) is 0.166. The molecular weight excluding hydrogens is 414 g/mol. The van der Waals surface area contributed by atoms with Crippen molar-refractivity contribution in [3.05, 3.63) is 47.7 Å². The number of fused-ring (bicyclic) bond motifs is 1. The first-order chi connectivity index (χ1) is 16.7. The Bertz CT molecular complexity index is 705. The van der Waals surface area contributed by atoms with Gasteiger partial charge in [0, 0.05) is 12.2 Å². The van der Waals surface area contributed by atoms with Crippen molar-refractivity contribution >= 4 is 5.57 Å². The van der Waals surface area contributed by atoms with Crippen molar-refractivity contribution in [3.8, 4) is 5.75 Å². The van der Waals surface area contributed by atoms with E-state index < -0.39 is 0 Å². The van der Waals surface area contributed by atoms with Gasteiger partial charge in [0.1, 0.15) is 5.75 Å². The van der Waals surface area contributed by atoms with Crippen molar-refractivity contribution < 1.29 is 5.11 Å². The van der Waals surface area contributed by atoms with Gasteiger partial charge in [0.15, 0.2) is 0 Å². The molecular formula is C32H53NO. The van der Waals surface area contributed by atoms with E-state index >= 15 is 0 Å². The van der Waals surface area contributed by atoms with E-state index in [1.54, 1.807) is 6.07 Å². The summed E-state index contributed by atoms with van der Waals surface area (Å²) in [4.78, 5) is 0. The van der Waals surface area contributed by atoms with E-state index in [2.05, 4.69) is 24.9 Å². The highest BCUT2D eigenvalue weighted by atomic mass is 16.3. The molecule has 2 rings (SSSR count). The second kappa shape index (κ2) is 18.6. The first-order valence-corrected chi connectivity index (χ1v) is 14.6. The lowest BCUT2D eigenvalue weighted by atomic mass is 10.0. The SMILES string of the molecule is C=C(CCCCCCCCCCCCCCCCCCC)NCCC1=CCc2ccc(O)cc21. The van der Waals surface area contributed by atoms with Crippen LogP contribution in [0.15, 0.2) is 36.6 Å². The van der Waals surface area contributed by atoms with Crippen LogP contribution in [-0.2, 0) is 6.42 Å². The van der Waals surface area contributed by atoms with Gasteiger partial charge in [0.25, 0.3) is 0 Å². The molecule has 1 aromatic carbocycles. The van der Waals surface area contributed by atoms with Crippen molar-refractivity contribution in [2.45, 2.75) is 135 Å². The number of hydrogen-bond donors (Lipinski definition) is 2. The molecule has 1 aliphatic carbocycles. The average molecular weight is 468 g/mol. The zero-order valence-corrected chi connectivity index (χ0v) is 22.3. The summed E-state index contributed by atoms with van der Waals surface area (Å²) in [6, 6.07) is 5.73. The minimum absolute atomic E-state index is 0.364. The molecule has 0 saturated heterocycles. The lowest BCUT2D eigenvalue weighted by Crippen LogP contribution is -2.14. The number of nitrogens with one attached hydrogen (secondary N) is 1. The number of phenols is 1. The monoisotopic (exact) mass is 467 g/mol. The van der Waals surface area contributed by atoms with Crippen LogP contribution in [0.5, 0.6) is 5.75 Å². The van der Waals surface area contributed by atoms with E-state index in [0.29, 0.717) is 5.75 Å². The second-order valence-electron chi connectivity index (χ2n) is 10.5. The predicted octanol–water partition coefficient (Wildman–Crippen LogP) is 9.87. The van der Waals surface area contributed by atoms with Crippen LogP contribution in [0.2, 0.25) is 0 Å². The maximum Gasteiger partial charge on any atom is 0.116 e. The van der Waals surface area contributed by atoms with Crippen molar-refractivity contribution in [3.63, 3.8) is 0 Å². The molecule has 0 aromatic heterocycles. The van der Waals surface area contributed by atoms with E-state index in [1.807, 2.05) is 12.1 Å². The van der Waals surface area contributed by atoms with Crippen LogP contribution in [-0.4, -0.2) is 11.7 Å². The van der Waals surface area contributed by atoms with Gasteiger partial charge in [-0.2, -0.15) is 0 Å². The fraction of sp³-hybridized carbons (Fsp3) is 0.688. The number of aromatic hydroxyl groups is 1. The Morgan fingerprint density at radius 3 is 1.88 bits per heavy atom. The molecule has 0 radical (unpaired) electrons. The first-order valence-electron chi connectivity index (χ1n) is 14.6. The van der Waals surface area contributed by atoms with Gasteiger partial charge < -0.3 is 10.4 Å². The number of rotatable bonds is 22. The number of allylic oxidation sites excluding steroid dienone is 2. The Kier molecular flexibility index (Phi) is 15.6. The van der Waals surface area contributed by atoms with Crippen LogP contribution >= 0.6 is 0 Å². The van der Waals surface area contributed by atoms with E-state index in [9.17, 15) is 5.11 Å². The summed E-state index contributed by atoms with van der Waals surface area (Å²) in [7, 11) is 0. The maximum atomic E-state index is 9.75. The number of benzene rings is 1. The Balaban J connectivity index is 1.32. The Morgan fingerprint density at radius 2 is 1.32 bits per heavy atom. The molecule has 0 unspecified atom stereocenters. The molecule has 0 fully saturated rings. The third-order valence-corrected chi connectivity index (χ3v) is 7.36. The van der Waals surface area contributed by atoms with Crippen molar-refractivity contribution in [2.24, 2.45) is 0 Å². The molecule has 2 nitrogen and oxygen atoms in total. The third-order valence-electron chi connectivity index (χ3n) is 7.36. The molecule has 0 amide bonds. The maximum absolute atomic E-state index is 9.75. The largest absolute Gasteiger partial charge is 0.508 e. The molecule has 2 heteroatoms. The van der Waals surface area contributed by atoms with E-state index in [1.165, 1.54) is 132 Å². The lowest BCUT2D eigenvalue weighted by Gasteiger charge is -2.11. The smallest absolute Gasteiger partial charge is 0.116 e. The molecule has 0 heterocycles. The Labute approximate surface area is 211 Å². The molecule has 0 saturated carbocycles. The molecule has 1 aromatic rings. The van der Waals surface area contributed by atoms with Crippen molar-refractivity contribution in [1.29, 1.82) is 0 Å². The van der Waals surface area contributed by atoms with Gasteiger partial charge >= 0.3 is 0 Å². The van der Waals surface area contributed by atoms with Crippen LogP contribution < -0.4 is 5.32 Å². The molecule has 0 aliphatic heterocycles. The summed E-state index contributed by atoms with van der Waals surface area (Å²) in [5, 5.41) is 13.3. The lowest BCUT2D eigenvalue weighted by molar-refractivity contribution is 0.475. The molecule has 2 N–H and O–H groups in total. The Hall–Kier alpha value is -1.70. The summed E-state index contributed by atoms with van der Waals surface area (Å²) < 4.78 is 0. The molecule has 0 atom stereocenters. The van der Waals surface area contributed by atoms with Gasteiger partial charge in [-0.1, -0.05) is 128 Å². The zero-order chi connectivity index (χ0) is 24.3. The molecule has 0 spiro atoms. The van der Waals surface area contributed by atoms with E-state index in [-0.39, 0.29) is 0 Å². The predicted molar refractivity (Wildman–Crippen MR) is 150 cm³/mol. The van der Waals surface area contributed by atoms with Crippen LogP contribution in [0.3, 0.4) is 0 Å². The number of phenolic OH excluding ortho intramolecular Hbond substituents is 1. The second-order valence-corrected chi connectivity index (χ2v) is 10.5. The van der Waals surface area contributed by atoms with Gasteiger partial charge in [-0.15, -0.1) is 0 Å². The third kappa shape index (κ3) is 12.7. The van der Waals surface area contributed by atoms with E-state index in [0.717, 1.165) is 25.8 Å². The molecule has 34 heavy (non-hydrogen) atoms. The zero-order valence-electron chi connectivity index (χ0n) is 22.3. The van der Waals surface area contributed by atoms with Crippen molar-refractivity contribution in [1.82, 2.24) is 5.32 Å². The number of unbranched alkanes of at least 4 members (excludes halogenated alkanes) is 16. The van der Waals surface area contributed by atoms with Crippen LogP contribution in [0.4, 0.5) is 0 Å². The minimum Gasteiger partial charge on any atom is -0.508 e. The fourth-order valence-corrected chi connectivity index (χ4v) is 5.15. The van der Waals surface area contributed by atoms with Gasteiger partial charge in [-0.05, 0) is 54.5 Å². The fourth-order valence-electron chi connectivity index (χ4n) is 5.15. The van der Waals surface area contributed by atoms with E-state index in [4.69, 9.17) is 0 Å². The van der Waals surface area contributed by atoms with Crippen LogP contribution in [0.1, 0.15) is 140 Å². The van der Waals surface area contributed by atoms with Gasteiger partial charge in [0.05, 0.1) is 0 Å². The summed E-state index contributed by atoms with van der Waals surface area (Å²) >= 11 is 0. The van der Waals surface area contributed by atoms with Gasteiger partial charge in [0.2, 0.25) is 0 Å². The molecule has 1 aliphatic rings.